The van der Waals surface area contributed by atoms with E-state index in [-0.39, 0.29) is 0 Å². The Labute approximate surface area is 169 Å². The zero-order chi connectivity index (χ0) is 20.9. The molecule has 0 unspecified atom stereocenters. The van der Waals surface area contributed by atoms with E-state index in [1.807, 2.05) is 55.9 Å². The summed E-state index contributed by atoms with van der Waals surface area (Å²) < 4.78 is 0. The molecule has 0 N–H and O–H groups in total. The molecule has 0 saturated heterocycles. The first-order chi connectivity index (χ1) is 13.0. The van der Waals surface area contributed by atoms with Gasteiger partial charge in [-0.2, -0.15) is 0 Å². The van der Waals surface area contributed by atoms with Crippen molar-refractivity contribution < 1.29 is 10.2 Å². The third-order valence-corrected chi connectivity index (χ3v) is 6.27. The van der Waals surface area contributed by atoms with E-state index in [0.29, 0.717) is 0 Å². The average molecular weight is 381 g/mol. The highest BCUT2D eigenvalue weighted by molar-refractivity contribution is 5.58. The van der Waals surface area contributed by atoms with Gasteiger partial charge in [0, 0.05) is 39.6 Å². The summed E-state index contributed by atoms with van der Waals surface area (Å²) in [5, 5.41) is 26.6. The smallest absolute Gasteiger partial charge is 0.0366 e. The van der Waals surface area contributed by atoms with E-state index >= 15 is 0 Å². The molecule has 0 radical (unpaired) electrons. The maximum Gasteiger partial charge on any atom is 0.0366 e. The van der Waals surface area contributed by atoms with Crippen LogP contribution in [0.2, 0.25) is 0 Å². The molecule has 28 heavy (non-hydrogen) atoms. The van der Waals surface area contributed by atoms with Gasteiger partial charge in [-0.1, -0.05) is 0 Å². The Hall–Kier alpha value is -2.04. The van der Waals surface area contributed by atoms with E-state index in [0.717, 1.165) is 44.8 Å². The third kappa shape index (κ3) is 3.29. The first-order valence-electron chi connectivity index (χ1n) is 9.93. The summed E-state index contributed by atoms with van der Waals surface area (Å²) in [7, 11) is 8.01. The fraction of sp³-hybridized carbons (Fsp3) is 0.500. The number of aryl methyl sites for hydroxylation is 4. The second-order valence-corrected chi connectivity index (χ2v) is 8.76. The van der Waals surface area contributed by atoms with Crippen LogP contribution < -0.4 is 20.0 Å². The van der Waals surface area contributed by atoms with Gasteiger partial charge in [0.1, 0.15) is 0 Å². The summed E-state index contributed by atoms with van der Waals surface area (Å²) in [5.74, 6) is -0.929. The topological polar surface area (TPSA) is 52.6 Å². The van der Waals surface area contributed by atoms with Gasteiger partial charge in [0.25, 0.3) is 0 Å². The molecular formula is C24H32N2O2-2. The Kier molecular flexibility index (Phi) is 5.48. The Balaban J connectivity index is 1.96. The molecule has 4 nitrogen and oxygen atoms in total. The van der Waals surface area contributed by atoms with E-state index in [4.69, 9.17) is 0 Å². The van der Waals surface area contributed by atoms with E-state index in [1.165, 1.54) is 0 Å². The van der Waals surface area contributed by atoms with Gasteiger partial charge in [0.2, 0.25) is 0 Å². The van der Waals surface area contributed by atoms with E-state index in [2.05, 4.69) is 34.1 Å². The molecule has 152 valence electrons. The maximum absolute atomic E-state index is 13.3. The lowest BCUT2D eigenvalue weighted by Gasteiger charge is -2.63. The van der Waals surface area contributed by atoms with Gasteiger partial charge in [0.05, 0.1) is 0 Å². The second kappa shape index (κ2) is 7.41. The summed E-state index contributed by atoms with van der Waals surface area (Å²) in [6.45, 7) is 8.07. The Morgan fingerprint density at radius 2 is 0.821 bits per heavy atom. The number of anilines is 2. The van der Waals surface area contributed by atoms with Gasteiger partial charge in [-0.15, -0.1) is 12.2 Å². The minimum Gasteiger partial charge on any atom is -0.851 e. The summed E-state index contributed by atoms with van der Waals surface area (Å²) in [5.41, 5.74) is 8.31. The average Bonchev–Trinajstić information content (AvgIpc) is 2.60. The molecule has 1 saturated carbocycles. The van der Waals surface area contributed by atoms with Crippen LogP contribution in [0, 0.1) is 27.7 Å². The largest absolute Gasteiger partial charge is 0.851 e. The van der Waals surface area contributed by atoms with E-state index in [9.17, 15) is 10.2 Å². The summed E-state index contributed by atoms with van der Waals surface area (Å²) >= 11 is 0. The van der Waals surface area contributed by atoms with Crippen LogP contribution in [-0.2, 0) is 0 Å². The van der Waals surface area contributed by atoms with Gasteiger partial charge in [-0.05, 0) is 97.2 Å². The molecule has 0 atom stereocenters. The molecule has 0 heterocycles. The van der Waals surface area contributed by atoms with Gasteiger partial charge >= 0.3 is 0 Å². The third-order valence-electron chi connectivity index (χ3n) is 6.27. The molecule has 1 fully saturated rings. The molecule has 4 heteroatoms. The predicted molar refractivity (Wildman–Crippen MR) is 114 cm³/mol. The van der Waals surface area contributed by atoms with Crippen molar-refractivity contribution >= 4 is 11.4 Å². The zero-order valence-corrected chi connectivity index (χ0v) is 18.3. The summed E-state index contributed by atoms with van der Waals surface area (Å²) in [6.07, 6.45) is -1.79. The monoisotopic (exact) mass is 380 g/mol. The van der Waals surface area contributed by atoms with Crippen molar-refractivity contribution in [2.75, 3.05) is 38.0 Å². The van der Waals surface area contributed by atoms with Crippen LogP contribution in [0.4, 0.5) is 11.4 Å². The Morgan fingerprint density at radius 3 is 1.04 bits per heavy atom. The van der Waals surface area contributed by atoms with Crippen molar-refractivity contribution in [1.29, 1.82) is 0 Å². The van der Waals surface area contributed by atoms with Crippen LogP contribution in [0.3, 0.4) is 0 Å². The fourth-order valence-corrected chi connectivity index (χ4v) is 4.80. The SMILES string of the molecule is Cc1cc(N(C)C)cc(C)c1C1C([O-])C(c2c(C)cc(N(C)C)cc2C)C1[O-]. The molecule has 1 aliphatic carbocycles. The highest BCUT2D eigenvalue weighted by atomic mass is 16.3. The number of rotatable bonds is 4. The molecule has 1 aliphatic rings. The van der Waals surface area contributed by atoms with E-state index in [1.54, 1.807) is 0 Å². The van der Waals surface area contributed by atoms with E-state index < -0.39 is 24.0 Å². The fourth-order valence-electron chi connectivity index (χ4n) is 4.80. The number of nitrogens with zero attached hydrogens (tertiary/aromatic N) is 2. The molecule has 0 bridgehead atoms. The van der Waals surface area contributed by atoms with Gasteiger partial charge in [-0.3, -0.25) is 0 Å². The second-order valence-electron chi connectivity index (χ2n) is 8.76. The van der Waals surface area contributed by atoms with Crippen molar-refractivity contribution in [2.24, 2.45) is 0 Å². The molecule has 2 aromatic carbocycles. The molecular weight excluding hydrogens is 348 g/mol. The zero-order valence-electron chi connectivity index (χ0n) is 18.3. The van der Waals surface area contributed by atoms with Crippen molar-refractivity contribution in [1.82, 2.24) is 0 Å². The quantitative estimate of drug-likeness (QED) is 0.817. The molecule has 0 aliphatic heterocycles. The predicted octanol–water partition coefficient (Wildman–Crippen LogP) is 2.39. The number of hydrogen-bond donors (Lipinski definition) is 0. The molecule has 0 amide bonds. The first-order valence-corrected chi connectivity index (χ1v) is 9.93. The molecule has 3 rings (SSSR count). The maximum atomic E-state index is 13.3. The Morgan fingerprint density at radius 1 is 0.571 bits per heavy atom. The minimum atomic E-state index is -0.896. The van der Waals surface area contributed by atoms with Crippen molar-refractivity contribution in [2.45, 2.75) is 51.7 Å². The lowest BCUT2D eigenvalue weighted by molar-refractivity contribution is -0.536. The summed E-state index contributed by atoms with van der Waals surface area (Å²) in [6, 6.07) is 8.32. The van der Waals surface area contributed by atoms with Crippen LogP contribution in [0.5, 0.6) is 0 Å². The normalized spacial score (nSPS) is 24.1. The van der Waals surface area contributed by atoms with Crippen LogP contribution in [0.15, 0.2) is 24.3 Å². The van der Waals surface area contributed by atoms with Gasteiger partial charge in [-0.25, -0.2) is 0 Å². The molecule has 2 aromatic rings. The summed E-state index contributed by atoms with van der Waals surface area (Å²) in [4.78, 5) is 4.10. The minimum absolute atomic E-state index is 0.464. The Bertz CT molecular complexity index is 761. The van der Waals surface area contributed by atoms with Crippen LogP contribution in [0.25, 0.3) is 0 Å². The lowest BCUT2D eigenvalue weighted by Crippen LogP contribution is -2.64. The highest BCUT2D eigenvalue weighted by Gasteiger charge is 2.41. The molecule has 0 spiro atoms. The van der Waals surface area contributed by atoms with Crippen molar-refractivity contribution in [3.05, 3.63) is 57.6 Å². The highest BCUT2D eigenvalue weighted by Crippen LogP contribution is 2.49. The first kappa shape index (κ1) is 20.7. The van der Waals surface area contributed by atoms with Crippen LogP contribution in [-0.4, -0.2) is 40.4 Å². The van der Waals surface area contributed by atoms with Crippen molar-refractivity contribution in [3.63, 3.8) is 0 Å². The number of hydrogen-bond acceptors (Lipinski definition) is 4. The van der Waals surface area contributed by atoms with Gasteiger partial charge < -0.3 is 20.0 Å². The van der Waals surface area contributed by atoms with Crippen molar-refractivity contribution in [3.8, 4) is 0 Å². The molecule has 0 aromatic heterocycles. The number of benzene rings is 2. The lowest BCUT2D eigenvalue weighted by atomic mass is 9.60. The standard InChI is InChI=1S/C24H32N2O2/c1-13-9-17(25(5)6)10-14(2)19(13)21-23(27)22(24(21)28)20-15(3)11-18(26(7)8)12-16(20)4/h9-12,21-24H,1-8H3/q-2. The van der Waals surface area contributed by atoms with Gasteiger partial charge in [0.15, 0.2) is 0 Å². The van der Waals surface area contributed by atoms with Crippen LogP contribution >= 0.6 is 0 Å². The van der Waals surface area contributed by atoms with Crippen LogP contribution in [0.1, 0.15) is 45.2 Å².